The lowest BCUT2D eigenvalue weighted by atomic mass is 9.80. The lowest BCUT2D eigenvalue weighted by Crippen LogP contribution is -2.46. The van der Waals surface area contributed by atoms with Gasteiger partial charge in [0.2, 0.25) is 10.0 Å². The van der Waals surface area contributed by atoms with Gasteiger partial charge in [0, 0.05) is 19.1 Å². The molecule has 0 aromatic rings. The molecule has 0 aliphatic heterocycles. The first-order valence-electron chi connectivity index (χ1n) is 7.79. The van der Waals surface area contributed by atoms with Crippen molar-refractivity contribution in [1.82, 2.24) is 15.4 Å². The molecule has 3 N–H and O–H groups in total. The number of rotatable bonds is 6. The van der Waals surface area contributed by atoms with Crippen LogP contribution in [0.15, 0.2) is 4.99 Å². The van der Waals surface area contributed by atoms with Crippen molar-refractivity contribution in [2.75, 3.05) is 25.9 Å². The van der Waals surface area contributed by atoms with E-state index in [-0.39, 0.29) is 0 Å². The molecule has 0 spiro atoms. The summed E-state index contributed by atoms with van der Waals surface area (Å²) in [5, 5.41) is 6.70. The maximum Gasteiger partial charge on any atom is 0.208 e. The maximum atomic E-state index is 11.0. The number of nitrogens with zero attached hydrogens (tertiary/aromatic N) is 1. The van der Waals surface area contributed by atoms with E-state index in [9.17, 15) is 8.42 Å². The Hall–Kier alpha value is -0.820. The SMILES string of the molecule is CCNC(=NCCNS(C)(=O)=O)NC1CC(C)CC(C)C1. The van der Waals surface area contributed by atoms with E-state index in [4.69, 9.17) is 0 Å². The van der Waals surface area contributed by atoms with E-state index in [1.807, 2.05) is 6.92 Å². The van der Waals surface area contributed by atoms with Crippen LogP contribution in [0.1, 0.15) is 40.0 Å². The lowest BCUT2D eigenvalue weighted by molar-refractivity contribution is 0.255. The van der Waals surface area contributed by atoms with E-state index in [0.717, 1.165) is 43.4 Å². The fourth-order valence-corrected chi connectivity index (χ4v) is 3.44. The number of aliphatic imine (C=N–C) groups is 1. The Bertz CT molecular complexity index is 426. The van der Waals surface area contributed by atoms with Crippen molar-refractivity contribution in [1.29, 1.82) is 0 Å². The highest BCUT2D eigenvalue weighted by molar-refractivity contribution is 7.88. The molecule has 1 rings (SSSR count). The van der Waals surface area contributed by atoms with Gasteiger partial charge in [0.1, 0.15) is 0 Å². The van der Waals surface area contributed by atoms with Crippen molar-refractivity contribution in [2.45, 2.75) is 46.1 Å². The van der Waals surface area contributed by atoms with Crippen molar-refractivity contribution < 1.29 is 8.42 Å². The minimum Gasteiger partial charge on any atom is -0.357 e. The summed E-state index contributed by atoms with van der Waals surface area (Å²) in [6.45, 7) is 8.17. The average Bonchev–Trinajstić information content (AvgIpc) is 2.32. The first kappa shape index (κ1) is 18.2. The Morgan fingerprint density at radius 3 is 2.33 bits per heavy atom. The minimum absolute atomic E-state index is 0.326. The van der Waals surface area contributed by atoms with Crippen LogP contribution in [0.5, 0.6) is 0 Å². The van der Waals surface area contributed by atoms with Crippen molar-refractivity contribution in [3.63, 3.8) is 0 Å². The minimum atomic E-state index is -3.14. The van der Waals surface area contributed by atoms with E-state index < -0.39 is 10.0 Å². The first-order valence-corrected chi connectivity index (χ1v) is 9.68. The summed E-state index contributed by atoms with van der Waals surface area (Å²) in [4.78, 5) is 4.43. The molecule has 0 amide bonds. The highest BCUT2D eigenvalue weighted by Gasteiger charge is 2.24. The molecule has 1 saturated carbocycles. The number of sulfonamides is 1. The van der Waals surface area contributed by atoms with E-state index >= 15 is 0 Å². The van der Waals surface area contributed by atoms with E-state index in [1.165, 1.54) is 6.42 Å². The van der Waals surface area contributed by atoms with Crippen LogP contribution in [0.3, 0.4) is 0 Å². The summed E-state index contributed by atoms with van der Waals surface area (Å²) in [6, 6.07) is 0.449. The molecular weight excluding hydrogens is 288 g/mol. The van der Waals surface area contributed by atoms with Gasteiger partial charge in [-0.05, 0) is 38.0 Å². The van der Waals surface area contributed by atoms with Crippen LogP contribution in [0, 0.1) is 11.8 Å². The van der Waals surface area contributed by atoms with Gasteiger partial charge in [-0.25, -0.2) is 13.1 Å². The van der Waals surface area contributed by atoms with Gasteiger partial charge in [-0.15, -0.1) is 0 Å². The number of guanidine groups is 1. The molecule has 1 fully saturated rings. The van der Waals surface area contributed by atoms with Gasteiger partial charge >= 0.3 is 0 Å². The smallest absolute Gasteiger partial charge is 0.208 e. The molecule has 0 bridgehead atoms. The van der Waals surface area contributed by atoms with Crippen LogP contribution >= 0.6 is 0 Å². The normalized spacial score (nSPS) is 27.4. The monoisotopic (exact) mass is 318 g/mol. The maximum absolute atomic E-state index is 11.0. The predicted molar refractivity (Wildman–Crippen MR) is 87.9 cm³/mol. The number of hydrogen-bond acceptors (Lipinski definition) is 3. The van der Waals surface area contributed by atoms with E-state index in [2.05, 4.69) is 34.2 Å². The fraction of sp³-hybridized carbons (Fsp3) is 0.929. The van der Waals surface area contributed by atoms with E-state index in [0.29, 0.717) is 19.1 Å². The zero-order valence-corrected chi connectivity index (χ0v) is 14.5. The quantitative estimate of drug-likeness (QED) is 0.386. The average molecular weight is 318 g/mol. The standard InChI is InChI=1S/C14H30N4O2S/c1-5-15-14(16-6-7-17-21(4,19)20)18-13-9-11(2)8-12(3)10-13/h11-13,17H,5-10H2,1-4H3,(H2,15,16,18). The molecule has 0 aromatic heterocycles. The lowest BCUT2D eigenvalue weighted by Gasteiger charge is -2.32. The third-order valence-electron chi connectivity index (χ3n) is 3.61. The zero-order valence-electron chi connectivity index (χ0n) is 13.6. The second-order valence-electron chi connectivity index (χ2n) is 6.19. The van der Waals surface area contributed by atoms with Crippen molar-refractivity contribution in [2.24, 2.45) is 16.8 Å². The van der Waals surface area contributed by atoms with Gasteiger partial charge < -0.3 is 10.6 Å². The second kappa shape index (κ2) is 8.58. The second-order valence-corrected chi connectivity index (χ2v) is 8.02. The molecule has 124 valence electrons. The Morgan fingerprint density at radius 2 is 1.81 bits per heavy atom. The van der Waals surface area contributed by atoms with Crippen molar-refractivity contribution >= 4 is 16.0 Å². The van der Waals surface area contributed by atoms with Crippen LogP contribution in [-0.2, 0) is 10.0 Å². The summed E-state index contributed by atoms with van der Waals surface area (Å²) < 4.78 is 24.4. The molecule has 2 atom stereocenters. The Kier molecular flexibility index (Phi) is 7.45. The fourth-order valence-electron chi connectivity index (χ4n) is 2.98. The Morgan fingerprint density at radius 1 is 1.19 bits per heavy atom. The summed E-state index contributed by atoms with van der Waals surface area (Å²) in [7, 11) is -3.14. The van der Waals surface area contributed by atoms with Gasteiger partial charge in [0.15, 0.2) is 5.96 Å². The first-order chi connectivity index (χ1) is 9.80. The predicted octanol–water partition coefficient (Wildman–Crippen LogP) is 0.915. The highest BCUT2D eigenvalue weighted by Crippen LogP contribution is 2.28. The van der Waals surface area contributed by atoms with E-state index in [1.54, 1.807) is 0 Å². The molecule has 0 radical (unpaired) electrons. The molecule has 7 heteroatoms. The Labute approximate surface area is 129 Å². The van der Waals surface area contributed by atoms with Crippen LogP contribution in [0.25, 0.3) is 0 Å². The molecule has 1 aliphatic carbocycles. The van der Waals surface area contributed by atoms with Crippen molar-refractivity contribution in [3.05, 3.63) is 0 Å². The van der Waals surface area contributed by atoms with Crippen LogP contribution in [-0.4, -0.2) is 46.3 Å². The molecule has 6 nitrogen and oxygen atoms in total. The molecular formula is C14H30N4O2S. The topological polar surface area (TPSA) is 82.6 Å². The largest absolute Gasteiger partial charge is 0.357 e. The highest BCUT2D eigenvalue weighted by atomic mass is 32.2. The molecule has 0 heterocycles. The molecule has 0 saturated heterocycles. The van der Waals surface area contributed by atoms with Gasteiger partial charge in [-0.1, -0.05) is 13.8 Å². The molecule has 21 heavy (non-hydrogen) atoms. The van der Waals surface area contributed by atoms with Crippen LogP contribution in [0.2, 0.25) is 0 Å². The van der Waals surface area contributed by atoms with Crippen LogP contribution < -0.4 is 15.4 Å². The van der Waals surface area contributed by atoms with Gasteiger partial charge in [-0.2, -0.15) is 0 Å². The molecule has 2 unspecified atom stereocenters. The van der Waals surface area contributed by atoms with Crippen molar-refractivity contribution in [3.8, 4) is 0 Å². The zero-order chi connectivity index (χ0) is 15.9. The summed E-state index contributed by atoms with van der Waals surface area (Å²) >= 11 is 0. The summed E-state index contributed by atoms with van der Waals surface area (Å²) in [5.41, 5.74) is 0. The number of hydrogen-bond donors (Lipinski definition) is 3. The Balaban J connectivity index is 2.48. The summed E-state index contributed by atoms with van der Waals surface area (Å²) in [6.07, 6.45) is 4.78. The van der Waals surface area contributed by atoms with Gasteiger partial charge in [0.05, 0.1) is 12.8 Å². The summed E-state index contributed by atoms with van der Waals surface area (Å²) in [5.74, 6) is 2.25. The van der Waals surface area contributed by atoms with Gasteiger partial charge in [-0.3, -0.25) is 4.99 Å². The van der Waals surface area contributed by atoms with Gasteiger partial charge in [0.25, 0.3) is 0 Å². The molecule has 0 aromatic carbocycles. The number of nitrogens with one attached hydrogen (secondary N) is 3. The van der Waals surface area contributed by atoms with Crippen LogP contribution in [0.4, 0.5) is 0 Å². The molecule has 1 aliphatic rings. The third kappa shape index (κ3) is 8.26. The third-order valence-corrected chi connectivity index (χ3v) is 4.34.